The Bertz CT molecular complexity index is 2230. The van der Waals surface area contributed by atoms with Crippen molar-refractivity contribution in [1.29, 1.82) is 0 Å². The van der Waals surface area contributed by atoms with Crippen LogP contribution in [-0.4, -0.2) is 103 Å². The number of halogens is 2. The summed E-state index contributed by atoms with van der Waals surface area (Å²) in [6.07, 6.45) is 2.27. The molecule has 316 valence electrons. The van der Waals surface area contributed by atoms with Gasteiger partial charge in [0, 0.05) is 48.8 Å². The van der Waals surface area contributed by atoms with Gasteiger partial charge in [-0.25, -0.2) is 13.6 Å². The largest absolute Gasteiger partial charge is 0.461 e. The van der Waals surface area contributed by atoms with Crippen LogP contribution in [0.1, 0.15) is 87.1 Å². The predicted molar refractivity (Wildman–Crippen MR) is 233 cm³/mol. The Kier molecular flexibility index (Phi) is 12.3. The number of ether oxygens (including phenoxy) is 3. The number of hydrogen-bond acceptors (Lipinski definition) is 9. The lowest BCUT2D eigenvalue weighted by atomic mass is 9.95. The van der Waals surface area contributed by atoms with E-state index in [1.165, 1.54) is 0 Å². The summed E-state index contributed by atoms with van der Waals surface area (Å²) in [6, 6.07) is 11.4. The normalized spacial score (nSPS) is 21.6. The van der Waals surface area contributed by atoms with Crippen molar-refractivity contribution >= 4 is 41.7 Å². The number of pyridine rings is 1. The lowest BCUT2D eigenvalue weighted by Gasteiger charge is -2.38. The van der Waals surface area contributed by atoms with Crippen molar-refractivity contribution in [3.05, 3.63) is 54.0 Å². The molecule has 59 heavy (non-hydrogen) atoms. The maximum absolute atomic E-state index is 17.5. The Morgan fingerprint density at radius 2 is 1.78 bits per heavy atom. The molecule has 0 radical (unpaired) electrons. The van der Waals surface area contributed by atoms with Crippen molar-refractivity contribution in [2.45, 2.75) is 122 Å². The predicted octanol–water partition coefficient (Wildman–Crippen LogP) is 9.24. The summed E-state index contributed by atoms with van der Waals surface area (Å²) in [5, 5.41) is 5.09. The van der Waals surface area contributed by atoms with E-state index in [-0.39, 0.29) is 30.4 Å². The Hall–Kier alpha value is -4.38. The lowest BCUT2D eigenvalue weighted by molar-refractivity contribution is 0.0466. The fraction of sp³-hybridized carbons (Fsp3) is 0.565. The van der Waals surface area contributed by atoms with E-state index in [2.05, 4.69) is 63.2 Å². The van der Waals surface area contributed by atoms with Crippen LogP contribution in [0.5, 0.6) is 6.01 Å². The zero-order valence-electron chi connectivity index (χ0n) is 36.1. The fourth-order valence-corrected chi connectivity index (χ4v) is 15.2. The van der Waals surface area contributed by atoms with Crippen LogP contribution in [-0.2, 0) is 9.47 Å². The molecule has 0 aliphatic carbocycles. The van der Waals surface area contributed by atoms with Crippen molar-refractivity contribution in [1.82, 2.24) is 25.2 Å². The number of alkyl halides is 1. The standard InChI is InChI=1S/C46H60F2N6O4Si/c1-29(2)59(30(3)4,31(5)6)22-17-33-14-10-13-32-15-11-16-36(38(32)33)40-39(48)41-37(24-49-40)42(53-20-21-56-27-35(26-53)50-44(55)58-45(7,8)9)52-43(51-41)57-28-46-18-12-19-54(46)25-34(47)23-46/h10-11,13-16,24,29-31,34-35H,12,18-21,23,25-28H2,1-9H3,(H,50,55)/t34-,35+,46+/m1/s1. The molecule has 2 aromatic heterocycles. The maximum atomic E-state index is 17.5. The first-order valence-corrected chi connectivity index (χ1v) is 23.5. The van der Waals surface area contributed by atoms with E-state index in [1.807, 2.05) is 41.3 Å². The van der Waals surface area contributed by atoms with Crippen LogP contribution in [0.4, 0.5) is 19.4 Å². The van der Waals surface area contributed by atoms with Crippen LogP contribution in [0.25, 0.3) is 32.9 Å². The minimum absolute atomic E-state index is 0.00395. The van der Waals surface area contributed by atoms with Gasteiger partial charge in [0.25, 0.3) is 0 Å². The van der Waals surface area contributed by atoms with Crippen LogP contribution in [0.3, 0.4) is 0 Å². The van der Waals surface area contributed by atoms with Gasteiger partial charge in [0.2, 0.25) is 0 Å². The van der Waals surface area contributed by atoms with Crippen molar-refractivity contribution in [3.63, 3.8) is 0 Å². The van der Waals surface area contributed by atoms with Gasteiger partial charge in [-0.05, 0) is 68.2 Å². The van der Waals surface area contributed by atoms with Gasteiger partial charge >= 0.3 is 12.1 Å². The summed E-state index contributed by atoms with van der Waals surface area (Å²) in [6.45, 7) is 21.9. The number of anilines is 1. The summed E-state index contributed by atoms with van der Waals surface area (Å²) in [5.74, 6) is 3.42. The van der Waals surface area contributed by atoms with E-state index >= 15 is 4.39 Å². The van der Waals surface area contributed by atoms with Crippen LogP contribution >= 0.6 is 0 Å². The molecule has 0 unspecified atom stereocenters. The second-order valence-electron chi connectivity index (χ2n) is 18.6. The average Bonchev–Trinajstić information content (AvgIpc) is 3.59. The number of benzene rings is 2. The number of rotatable bonds is 9. The molecule has 3 aliphatic heterocycles. The zero-order valence-corrected chi connectivity index (χ0v) is 37.1. The fourth-order valence-electron chi connectivity index (χ4n) is 9.98. The Labute approximate surface area is 348 Å². The second-order valence-corrected chi connectivity index (χ2v) is 24.2. The van der Waals surface area contributed by atoms with Gasteiger partial charge < -0.3 is 24.4 Å². The highest BCUT2D eigenvalue weighted by Crippen LogP contribution is 2.43. The molecule has 0 saturated carbocycles. The molecule has 4 aromatic rings. The molecule has 0 bridgehead atoms. The van der Waals surface area contributed by atoms with Crippen molar-refractivity contribution < 1.29 is 27.8 Å². The Morgan fingerprint density at radius 3 is 2.49 bits per heavy atom. The smallest absolute Gasteiger partial charge is 0.408 e. The molecular formula is C46H60F2N6O4Si. The van der Waals surface area contributed by atoms with Crippen molar-refractivity contribution in [3.8, 4) is 28.7 Å². The molecule has 1 N–H and O–H groups in total. The number of hydrogen-bond donors (Lipinski definition) is 1. The van der Waals surface area contributed by atoms with E-state index < -0.39 is 43.3 Å². The summed E-state index contributed by atoms with van der Waals surface area (Å²) >= 11 is 0. The first-order valence-electron chi connectivity index (χ1n) is 21.3. The first kappa shape index (κ1) is 42.7. The van der Waals surface area contributed by atoms with Gasteiger partial charge in [0.05, 0.1) is 30.2 Å². The monoisotopic (exact) mass is 826 g/mol. The van der Waals surface area contributed by atoms with Gasteiger partial charge in [-0.15, -0.1) is 5.54 Å². The van der Waals surface area contributed by atoms with Crippen molar-refractivity contribution in [2.75, 3.05) is 50.9 Å². The molecule has 0 spiro atoms. The highest BCUT2D eigenvalue weighted by atomic mass is 28.3. The number of carbonyl (C=O) groups is 1. The Morgan fingerprint density at radius 1 is 1.05 bits per heavy atom. The molecule has 10 nitrogen and oxygen atoms in total. The number of aromatic nitrogens is 3. The number of fused-ring (bicyclic) bond motifs is 3. The number of alkyl carbamates (subject to hydrolysis) is 1. The Balaban J connectivity index is 1.34. The van der Waals surface area contributed by atoms with E-state index in [1.54, 1.807) is 27.0 Å². The quantitative estimate of drug-likeness (QED) is 0.131. The second kappa shape index (κ2) is 16.9. The number of nitrogens with zero attached hydrogens (tertiary/aromatic N) is 5. The van der Waals surface area contributed by atoms with Crippen LogP contribution in [0.2, 0.25) is 16.6 Å². The van der Waals surface area contributed by atoms with Gasteiger partial charge in [0.15, 0.2) is 5.82 Å². The van der Waals surface area contributed by atoms with Gasteiger partial charge in [-0.3, -0.25) is 9.88 Å². The molecule has 3 fully saturated rings. The SMILES string of the molecule is CC(C)[Si](C#Cc1cccc2cccc(-c3ncc4c(N5CCOC[C@@H](NC(=O)OC(C)(C)C)C5)nc(OC[C@@]56CCCN5C[C@H](F)C6)nc4c3F)c12)(C(C)C)C(C)C. The number of amides is 1. The lowest BCUT2D eigenvalue weighted by Crippen LogP contribution is -2.46. The summed E-state index contributed by atoms with van der Waals surface area (Å²) in [7, 11) is -2.08. The van der Waals surface area contributed by atoms with Crippen LogP contribution < -0.4 is 15.0 Å². The summed E-state index contributed by atoms with van der Waals surface area (Å²) < 4.78 is 50.1. The maximum Gasteiger partial charge on any atom is 0.408 e. The van der Waals surface area contributed by atoms with Gasteiger partial charge in [0.1, 0.15) is 43.5 Å². The zero-order chi connectivity index (χ0) is 42.3. The highest BCUT2D eigenvalue weighted by molar-refractivity contribution is 6.90. The molecule has 13 heteroatoms. The van der Waals surface area contributed by atoms with Gasteiger partial charge in [-0.1, -0.05) is 77.8 Å². The summed E-state index contributed by atoms with van der Waals surface area (Å²) in [5.41, 5.74) is 5.74. The third-order valence-corrected chi connectivity index (χ3v) is 18.9. The molecule has 7 rings (SSSR count). The molecule has 1 amide bonds. The molecule has 3 saturated heterocycles. The number of carbonyl (C=O) groups excluding carboxylic acids is 1. The molecule has 3 atom stereocenters. The van der Waals surface area contributed by atoms with Gasteiger partial charge in [-0.2, -0.15) is 9.97 Å². The van der Waals surface area contributed by atoms with E-state index in [4.69, 9.17) is 29.2 Å². The molecular weight excluding hydrogens is 767 g/mol. The van der Waals surface area contributed by atoms with E-state index in [0.29, 0.717) is 66.1 Å². The van der Waals surface area contributed by atoms with Crippen molar-refractivity contribution in [2.24, 2.45) is 0 Å². The molecule has 2 aromatic carbocycles. The number of nitrogens with one attached hydrogen (secondary N) is 1. The van der Waals surface area contributed by atoms with E-state index in [0.717, 1.165) is 35.7 Å². The summed E-state index contributed by atoms with van der Waals surface area (Å²) in [4.78, 5) is 31.4. The third-order valence-electron chi connectivity index (χ3n) is 12.6. The third kappa shape index (κ3) is 8.64. The van der Waals surface area contributed by atoms with Crippen LogP contribution in [0, 0.1) is 17.3 Å². The first-order chi connectivity index (χ1) is 28.0. The minimum atomic E-state index is -2.08. The highest BCUT2D eigenvalue weighted by Gasteiger charge is 2.49. The average molecular weight is 827 g/mol. The van der Waals surface area contributed by atoms with E-state index in [9.17, 15) is 9.18 Å². The van der Waals surface area contributed by atoms with Crippen LogP contribution in [0.15, 0.2) is 42.6 Å². The topological polar surface area (TPSA) is 102 Å². The minimum Gasteiger partial charge on any atom is -0.461 e. The molecule has 3 aliphatic rings. The molecule has 5 heterocycles.